The van der Waals surface area contributed by atoms with Crippen molar-refractivity contribution in [2.45, 2.75) is 55.1 Å². The van der Waals surface area contributed by atoms with E-state index < -0.39 is 23.2 Å². The third-order valence-electron chi connectivity index (χ3n) is 12.2. The number of hydrogen-bond donors (Lipinski definition) is 5. The summed E-state index contributed by atoms with van der Waals surface area (Å²) in [4.78, 5) is 81.0. The monoisotopic (exact) mass is 1110 g/mol. The zero-order valence-electron chi connectivity index (χ0n) is 43.2. The first-order valence-electron chi connectivity index (χ1n) is 24.9. The molecule has 82 heavy (non-hydrogen) atoms. The lowest BCUT2D eigenvalue weighted by Crippen LogP contribution is -2.36. The lowest BCUT2D eigenvalue weighted by atomic mass is 9.90. The van der Waals surface area contributed by atoms with Gasteiger partial charge >= 0.3 is 0 Å². The summed E-state index contributed by atoms with van der Waals surface area (Å²) in [5.74, 6) is 1.72. The molecule has 1 atom stereocenters. The summed E-state index contributed by atoms with van der Waals surface area (Å²) >= 11 is 0. The molecule has 1 unspecified atom stereocenters. The molecule has 5 N–H and O–H groups in total. The molecule has 0 radical (unpaired) electrons. The molecule has 6 aromatic rings. The standard InChI is InChI=1S/C19H15NO5.C19H13NO4.C11H10O3.C8H5NO2.C4H11N.3CH4/c21-13(7-5-12-6-8-16-17(9-12)25-11-24-16)10-19(23)14-3-1-2-4-15(14)20-18(19)22;21-13(7-5-12-6-8-17-18(9-12)24-11-23-17)10-15-14-3-1-2-4-16(14)20-19(15)22;1-8(12)2-3-9-4-5-10-11(6-9)14-7-13-10;10-7-5-3-1-2-4-6(5)9-8(7)11;1-3-5-4-2;;;/h1-9,23H,10-11H2,(H,20,22);1-10H,11H2,(H,20,22);2-6H,7H2,1H3;1-4H,(H,9,10,11);5H,3-4H2,1-2H3;3*1H4/b7-5+;7-5+,15-10+;3-2+;;;;;. The first-order chi connectivity index (χ1) is 38.2. The van der Waals surface area contributed by atoms with Gasteiger partial charge in [-0.1, -0.05) is 121 Å². The predicted molar refractivity (Wildman–Crippen MR) is 316 cm³/mol. The number of amides is 3. The van der Waals surface area contributed by atoms with Crippen LogP contribution in [0.3, 0.4) is 0 Å². The zero-order chi connectivity index (χ0) is 55.9. The quantitative estimate of drug-likeness (QED) is 0.0598. The first-order valence-corrected chi connectivity index (χ1v) is 24.9. The molecule has 0 aliphatic carbocycles. The van der Waals surface area contributed by atoms with E-state index in [9.17, 15) is 38.7 Å². The maximum atomic E-state index is 12.3. The fraction of sp³-hybridized carbons (Fsp3) is 0.203. The minimum atomic E-state index is -1.84. The van der Waals surface area contributed by atoms with E-state index in [0.29, 0.717) is 51.1 Å². The molecule has 0 spiro atoms. The lowest BCUT2D eigenvalue weighted by Gasteiger charge is -2.18. The number of hydrogen-bond acceptors (Lipinski definition) is 15. The van der Waals surface area contributed by atoms with Crippen LogP contribution in [0.1, 0.15) is 87.6 Å². The Balaban J connectivity index is 0.000000200. The fourth-order valence-electron chi connectivity index (χ4n) is 8.23. The second kappa shape index (κ2) is 29.3. The van der Waals surface area contributed by atoms with Gasteiger partial charge in [0.2, 0.25) is 20.4 Å². The second-order valence-corrected chi connectivity index (χ2v) is 17.7. The topological polar surface area (TPSA) is 243 Å². The van der Waals surface area contributed by atoms with Crippen LogP contribution in [0.4, 0.5) is 17.1 Å². The molecule has 18 nitrogen and oxygen atoms in total. The van der Waals surface area contributed by atoms with Gasteiger partial charge in [0.25, 0.3) is 23.5 Å². The van der Waals surface area contributed by atoms with Crippen molar-refractivity contribution < 1.29 is 67.1 Å². The summed E-state index contributed by atoms with van der Waals surface area (Å²) in [6, 6.07) is 37.3. The van der Waals surface area contributed by atoms with Gasteiger partial charge in [-0.05, 0) is 122 Å². The lowest BCUT2D eigenvalue weighted by molar-refractivity contribution is -0.138. The summed E-state index contributed by atoms with van der Waals surface area (Å²) in [5.41, 5.74) is 4.56. The molecule has 0 saturated carbocycles. The van der Waals surface area contributed by atoms with Crippen LogP contribution >= 0.6 is 0 Å². The van der Waals surface area contributed by atoms with Gasteiger partial charge in [-0.2, -0.15) is 0 Å². The number of carbonyl (C=O) groups excluding carboxylic acids is 7. The zero-order valence-corrected chi connectivity index (χ0v) is 43.2. The number of benzene rings is 6. The van der Waals surface area contributed by atoms with Crippen molar-refractivity contribution in [3.05, 3.63) is 185 Å². The van der Waals surface area contributed by atoms with Gasteiger partial charge in [0.1, 0.15) is 0 Å². The average molecular weight is 1120 g/mol. The number of allylic oxidation sites excluding steroid dienone is 4. The number of Topliss-reactive ketones (excluding diaryl/α,β-unsaturated/α-hetero) is 1. The van der Waals surface area contributed by atoms with Gasteiger partial charge in [0.15, 0.2) is 57.4 Å². The third-order valence-corrected chi connectivity index (χ3v) is 12.2. The molecular weight excluding hydrogens is 1050 g/mol. The number of anilines is 3. The average Bonchev–Trinajstić information content (AvgIpc) is 4.52. The molecule has 6 aliphatic heterocycles. The number of fused-ring (bicyclic) bond motifs is 6. The number of ketones is 4. The van der Waals surface area contributed by atoms with Crippen molar-refractivity contribution in [2.75, 3.05) is 49.4 Å². The normalized spacial score (nSPS) is 15.9. The smallest absolute Gasteiger partial charge is 0.296 e. The van der Waals surface area contributed by atoms with E-state index in [4.69, 9.17) is 28.4 Å². The first kappa shape index (κ1) is 62.9. The van der Waals surface area contributed by atoms with Crippen LogP contribution in [0, 0.1) is 0 Å². The van der Waals surface area contributed by atoms with Crippen LogP contribution < -0.4 is 49.7 Å². The van der Waals surface area contributed by atoms with Crippen LogP contribution in [0.25, 0.3) is 23.8 Å². The molecular formula is C64H66N4O14. The summed E-state index contributed by atoms with van der Waals surface area (Å²) in [7, 11) is 0. The van der Waals surface area contributed by atoms with Crippen molar-refractivity contribution >= 4 is 81.7 Å². The third kappa shape index (κ3) is 15.7. The Morgan fingerprint density at radius 1 is 0.537 bits per heavy atom. The Labute approximate surface area is 476 Å². The van der Waals surface area contributed by atoms with Crippen molar-refractivity contribution in [3.8, 4) is 34.5 Å². The number of rotatable bonds is 11. The molecule has 6 heterocycles. The maximum Gasteiger partial charge on any atom is 0.296 e. The number of para-hydroxylation sites is 3. The molecule has 426 valence electrons. The van der Waals surface area contributed by atoms with Crippen LogP contribution in [-0.4, -0.2) is 79.4 Å². The van der Waals surface area contributed by atoms with Crippen LogP contribution in [0.15, 0.2) is 152 Å². The highest BCUT2D eigenvalue weighted by Gasteiger charge is 2.46. The molecule has 0 fully saturated rings. The molecule has 12 rings (SSSR count). The minimum absolute atomic E-state index is 0. The Morgan fingerprint density at radius 2 is 0.976 bits per heavy atom. The summed E-state index contributed by atoms with van der Waals surface area (Å²) in [5, 5.41) is 21.6. The van der Waals surface area contributed by atoms with Crippen molar-refractivity contribution in [3.63, 3.8) is 0 Å². The molecule has 0 bridgehead atoms. The Kier molecular flexibility index (Phi) is 22.5. The molecule has 6 aromatic carbocycles. The second-order valence-electron chi connectivity index (χ2n) is 17.7. The Morgan fingerprint density at radius 3 is 1.48 bits per heavy atom. The number of carbonyl (C=O) groups is 7. The highest BCUT2D eigenvalue weighted by Crippen LogP contribution is 2.39. The largest absolute Gasteiger partial charge is 0.454 e. The SMILES string of the molecule is C.C.C.CC(=O)/C=C/c1ccc2c(c1)OCO2.CCNCC.O=C(/C=C/c1ccc2c(c1)OCO2)/C=C1/C(=O)Nc2ccccc21.O=C(/C=C/c1ccc2c(c1)OCO2)CC1(O)C(=O)Nc2ccccc21.O=C1Nc2ccccc2C1=O. The Bertz CT molecular complexity index is 3470. The maximum absolute atomic E-state index is 12.3. The number of aliphatic hydroxyl groups is 1. The van der Waals surface area contributed by atoms with Gasteiger partial charge in [-0.25, -0.2) is 0 Å². The van der Waals surface area contributed by atoms with E-state index in [2.05, 4.69) is 35.1 Å². The molecule has 0 saturated heterocycles. The minimum Gasteiger partial charge on any atom is -0.454 e. The Hall–Kier alpha value is -9.91. The summed E-state index contributed by atoms with van der Waals surface area (Å²) < 4.78 is 31.4. The van der Waals surface area contributed by atoms with Gasteiger partial charge in [0.05, 0.1) is 23.2 Å². The number of nitrogens with one attached hydrogen (secondary N) is 4. The predicted octanol–water partition coefficient (Wildman–Crippen LogP) is 10.6. The van der Waals surface area contributed by atoms with Crippen molar-refractivity contribution in [1.29, 1.82) is 0 Å². The summed E-state index contributed by atoms with van der Waals surface area (Å²) in [6.07, 6.45) is 10.4. The van der Waals surface area contributed by atoms with E-state index in [1.54, 1.807) is 103 Å². The molecule has 3 amide bonds. The fourth-order valence-corrected chi connectivity index (χ4v) is 8.23. The summed E-state index contributed by atoms with van der Waals surface area (Å²) in [6.45, 7) is 8.57. The van der Waals surface area contributed by atoms with Crippen molar-refractivity contribution in [2.24, 2.45) is 0 Å². The van der Waals surface area contributed by atoms with Crippen LogP contribution in [-0.2, 0) is 34.4 Å². The molecule has 18 heteroatoms. The van der Waals surface area contributed by atoms with E-state index in [1.165, 1.54) is 31.2 Å². The highest BCUT2D eigenvalue weighted by atomic mass is 16.7. The van der Waals surface area contributed by atoms with Gasteiger partial charge in [-0.3, -0.25) is 33.6 Å². The van der Waals surface area contributed by atoms with E-state index in [-0.39, 0.29) is 72.3 Å². The van der Waals surface area contributed by atoms with Crippen LogP contribution in [0.2, 0.25) is 0 Å². The highest BCUT2D eigenvalue weighted by molar-refractivity contribution is 6.51. The van der Waals surface area contributed by atoms with Gasteiger partial charge in [-0.15, -0.1) is 0 Å². The van der Waals surface area contributed by atoms with Crippen molar-refractivity contribution in [1.82, 2.24) is 5.32 Å². The van der Waals surface area contributed by atoms with E-state index in [0.717, 1.165) is 52.5 Å². The molecule has 6 aliphatic rings. The number of ether oxygens (including phenoxy) is 6. The molecule has 0 aromatic heterocycles. The van der Waals surface area contributed by atoms with Gasteiger partial charge in [0, 0.05) is 22.5 Å². The van der Waals surface area contributed by atoms with Crippen LogP contribution in [0.5, 0.6) is 34.5 Å². The van der Waals surface area contributed by atoms with E-state index in [1.807, 2.05) is 42.5 Å². The van der Waals surface area contributed by atoms with E-state index >= 15 is 0 Å². The van der Waals surface area contributed by atoms with Gasteiger partial charge < -0.3 is 54.8 Å².